The first-order chi connectivity index (χ1) is 19.1. The third-order valence-corrected chi connectivity index (χ3v) is 8.09. The average molecular weight is 534 g/mol. The van der Waals surface area contributed by atoms with Gasteiger partial charge in [0.25, 0.3) is 5.91 Å². The molecule has 7 nitrogen and oxygen atoms in total. The van der Waals surface area contributed by atoms with E-state index in [4.69, 9.17) is 14.2 Å². The van der Waals surface area contributed by atoms with E-state index in [0.29, 0.717) is 31.1 Å². The maximum atomic E-state index is 14.5. The third-order valence-electron chi connectivity index (χ3n) is 8.09. The molecule has 0 aromatic heterocycles. The summed E-state index contributed by atoms with van der Waals surface area (Å²) < 4.78 is 32.3. The van der Waals surface area contributed by atoms with Crippen LogP contribution in [0.15, 0.2) is 54.6 Å². The topological polar surface area (TPSA) is 63.3 Å². The molecule has 3 saturated heterocycles. The van der Waals surface area contributed by atoms with Gasteiger partial charge in [-0.15, -0.1) is 0 Å². The molecule has 1 N–H and O–H groups in total. The van der Waals surface area contributed by atoms with Gasteiger partial charge < -0.3 is 24.4 Å². The van der Waals surface area contributed by atoms with E-state index >= 15 is 0 Å². The zero-order chi connectivity index (χ0) is 26.7. The highest BCUT2D eigenvalue weighted by Gasteiger charge is 2.39. The molecule has 3 aliphatic rings. The van der Waals surface area contributed by atoms with Crippen molar-refractivity contribution >= 4 is 28.1 Å². The molecule has 1 amide bonds. The average Bonchev–Trinajstić information content (AvgIpc) is 3.43. The Bertz CT molecular complexity index is 1310. The van der Waals surface area contributed by atoms with Gasteiger partial charge >= 0.3 is 0 Å². The Labute approximate surface area is 228 Å². The zero-order valence-electron chi connectivity index (χ0n) is 22.3. The monoisotopic (exact) mass is 533 g/mol. The van der Waals surface area contributed by atoms with Crippen molar-refractivity contribution in [3.63, 3.8) is 0 Å². The number of piperidine rings is 2. The van der Waals surface area contributed by atoms with Gasteiger partial charge in [0.1, 0.15) is 18.2 Å². The van der Waals surface area contributed by atoms with Crippen molar-refractivity contribution < 1.29 is 23.4 Å². The first-order valence-corrected chi connectivity index (χ1v) is 14.1. The summed E-state index contributed by atoms with van der Waals surface area (Å²) in [6.07, 6.45) is 5.13. The molecule has 0 unspecified atom stereocenters. The number of fused-ring (bicyclic) bond motifs is 1. The van der Waals surface area contributed by atoms with Gasteiger partial charge in [0, 0.05) is 73.3 Å². The molecule has 3 heterocycles. The lowest BCUT2D eigenvalue weighted by atomic mass is 10.0. The maximum absolute atomic E-state index is 14.5. The molecule has 0 aliphatic carbocycles. The molecule has 0 atom stereocenters. The fourth-order valence-corrected chi connectivity index (χ4v) is 5.93. The predicted octanol–water partition coefficient (Wildman–Crippen LogP) is 5.44. The Balaban J connectivity index is 1.11. The van der Waals surface area contributed by atoms with Crippen LogP contribution in [0, 0.1) is 5.82 Å². The number of benzene rings is 3. The van der Waals surface area contributed by atoms with Crippen LogP contribution in [0.5, 0.6) is 5.75 Å². The summed E-state index contributed by atoms with van der Waals surface area (Å²) in [5.74, 6) is -0.319. The quantitative estimate of drug-likeness (QED) is 0.437. The van der Waals surface area contributed by atoms with Gasteiger partial charge in [-0.2, -0.15) is 0 Å². The van der Waals surface area contributed by atoms with Crippen molar-refractivity contribution in [1.82, 2.24) is 4.90 Å². The molecule has 206 valence electrons. The number of hydrogen-bond acceptors (Lipinski definition) is 6. The predicted molar refractivity (Wildman–Crippen MR) is 150 cm³/mol. The maximum Gasteiger partial charge on any atom is 0.255 e. The molecule has 3 aromatic rings. The van der Waals surface area contributed by atoms with Gasteiger partial charge in [-0.1, -0.05) is 24.3 Å². The number of anilines is 2. The number of halogens is 1. The van der Waals surface area contributed by atoms with Gasteiger partial charge in [-0.3, -0.25) is 9.69 Å². The van der Waals surface area contributed by atoms with Crippen LogP contribution in [0.25, 0.3) is 10.8 Å². The lowest BCUT2D eigenvalue weighted by Gasteiger charge is -2.37. The van der Waals surface area contributed by atoms with E-state index in [-0.39, 0.29) is 11.7 Å². The SMILES string of the molecule is O=C(Nc1ccc(OCCN2CCC3(CC2)OCCO3)c2ccccc12)c1cc(F)cc(N2CCCCC2)c1. The summed E-state index contributed by atoms with van der Waals surface area (Å²) in [6.45, 7) is 6.39. The molecule has 39 heavy (non-hydrogen) atoms. The second-order valence-electron chi connectivity index (χ2n) is 10.7. The van der Waals surface area contributed by atoms with Gasteiger partial charge in [-0.05, 0) is 49.6 Å². The summed E-state index contributed by atoms with van der Waals surface area (Å²) >= 11 is 0. The Kier molecular flexibility index (Phi) is 7.68. The number of amides is 1. The van der Waals surface area contributed by atoms with Crippen LogP contribution >= 0.6 is 0 Å². The lowest BCUT2D eigenvalue weighted by molar-refractivity contribution is -0.185. The molecular weight excluding hydrogens is 497 g/mol. The molecule has 1 spiro atoms. The second-order valence-corrected chi connectivity index (χ2v) is 10.7. The van der Waals surface area contributed by atoms with Crippen molar-refractivity contribution in [2.75, 3.05) is 62.8 Å². The number of nitrogens with zero attached hydrogens (tertiary/aromatic N) is 2. The number of hydrogen-bond donors (Lipinski definition) is 1. The van der Waals surface area contributed by atoms with Crippen LogP contribution in [-0.4, -0.2) is 69.1 Å². The van der Waals surface area contributed by atoms with Gasteiger partial charge in [0.05, 0.1) is 13.2 Å². The highest BCUT2D eigenvalue weighted by molar-refractivity contribution is 6.10. The lowest BCUT2D eigenvalue weighted by Crippen LogP contribution is -2.46. The standard InChI is InChI=1S/C31H36FN3O4/c32-24-20-23(21-25(22-24)35-12-4-1-5-13-35)30(36)33-28-8-9-29(27-7-3-2-6-26(27)28)37-17-16-34-14-10-31(11-15-34)38-18-19-39-31/h2-3,6-9,20-22H,1,4-5,10-19H2,(H,33,36). The number of carbonyl (C=O) groups excluding carboxylic acids is 1. The summed E-state index contributed by atoms with van der Waals surface area (Å²) in [7, 11) is 0. The largest absolute Gasteiger partial charge is 0.492 e. The Morgan fingerprint density at radius 2 is 1.67 bits per heavy atom. The molecule has 3 aromatic carbocycles. The molecule has 8 heteroatoms. The fourth-order valence-electron chi connectivity index (χ4n) is 5.93. The first kappa shape index (κ1) is 26.0. The molecule has 6 rings (SSSR count). The van der Waals surface area contributed by atoms with Crippen molar-refractivity contribution in [1.29, 1.82) is 0 Å². The van der Waals surface area contributed by atoms with Gasteiger partial charge in [0.2, 0.25) is 0 Å². The van der Waals surface area contributed by atoms with Gasteiger partial charge in [0.15, 0.2) is 5.79 Å². The van der Waals surface area contributed by atoms with E-state index in [2.05, 4.69) is 15.1 Å². The van der Waals surface area contributed by atoms with E-state index in [1.165, 1.54) is 18.6 Å². The number of carbonyl (C=O) groups is 1. The Morgan fingerprint density at radius 3 is 2.44 bits per heavy atom. The van der Waals surface area contributed by atoms with Crippen LogP contribution in [-0.2, 0) is 9.47 Å². The second kappa shape index (κ2) is 11.5. The molecule has 0 radical (unpaired) electrons. The van der Waals surface area contributed by atoms with E-state index in [1.807, 2.05) is 36.4 Å². The highest BCUT2D eigenvalue weighted by Crippen LogP contribution is 2.33. The van der Waals surface area contributed by atoms with Crippen LogP contribution in [0.1, 0.15) is 42.5 Å². The normalized spacial score (nSPS) is 19.5. The van der Waals surface area contributed by atoms with E-state index in [0.717, 1.165) is 80.6 Å². The fraction of sp³-hybridized carbons (Fsp3) is 0.452. The van der Waals surface area contributed by atoms with Crippen LogP contribution in [0.3, 0.4) is 0 Å². The van der Waals surface area contributed by atoms with Crippen LogP contribution in [0.4, 0.5) is 15.8 Å². The van der Waals surface area contributed by atoms with Crippen molar-refractivity contribution in [2.45, 2.75) is 37.9 Å². The number of nitrogens with one attached hydrogen (secondary N) is 1. The van der Waals surface area contributed by atoms with E-state index < -0.39 is 5.82 Å². The van der Waals surface area contributed by atoms with Gasteiger partial charge in [-0.25, -0.2) is 4.39 Å². The smallest absolute Gasteiger partial charge is 0.255 e. The van der Waals surface area contributed by atoms with Crippen LogP contribution in [0.2, 0.25) is 0 Å². The van der Waals surface area contributed by atoms with Crippen molar-refractivity contribution in [2.24, 2.45) is 0 Å². The van der Waals surface area contributed by atoms with Crippen molar-refractivity contribution in [3.05, 3.63) is 66.0 Å². The molecule has 0 bridgehead atoms. The van der Waals surface area contributed by atoms with E-state index in [1.54, 1.807) is 6.07 Å². The molecule has 0 saturated carbocycles. The summed E-state index contributed by atoms with van der Waals surface area (Å²) in [4.78, 5) is 17.8. The van der Waals surface area contributed by atoms with Crippen molar-refractivity contribution in [3.8, 4) is 5.75 Å². The third kappa shape index (κ3) is 5.88. The highest BCUT2D eigenvalue weighted by atomic mass is 19.1. The summed E-state index contributed by atoms with van der Waals surface area (Å²) in [6, 6.07) is 16.2. The minimum Gasteiger partial charge on any atom is -0.492 e. The minimum absolute atomic E-state index is 0.316. The number of likely N-dealkylation sites (tertiary alicyclic amines) is 1. The van der Waals surface area contributed by atoms with Crippen LogP contribution < -0.4 is 15.0 Å². The zero-order valence-corrected chi connectivity index (χ0v) is 22.3. The first-order valence-electron chi connectivity index (χ1n) is 14.1. The molecular formula is C31H36FN3O4. The Hall–Kier alpha value is -3.20. The summed E-state index contributed by atoms with van der Waals surface area (Å²) in [5.41, 5.74) is 1.75. The summed E-state index contributed by atoms with van der Waals surface area (Å²) in [5, 5.41) is 4.81. The Morgan fingerprint density at radius 1 is 0.923 bits per heavy atom. The molecule has 3 aliphatic heterocycles. The minimum atomic E-state index is -0.399. The number of rotatable bonds is 7. The number of ether oxygens (including phenoxy) is 3. The van der Waals surface area contributed by atoms with E-state index in [9.17, 15) is 9.18 Å². The molecule has 3 fully saturated rings.